The number of carbonyl (C=O) groups excluding carboxylic acids is 2. The number of unbranched alkanes of at least 4 members (excludes halogenated alkanes) is 2. The first-order chi connectivity index (χ1) is 11.6. The molecule has 0 saturated carbocycles. The van der Waals surface area contributed by atoms with E-state index in [0.29, 0.717) is 18.5 Å². The molecule has 2 heterocycles. The molecule has 0 spiro atoms. The standard InChI is InChI=1S/C19H24N2O3/c1-3-4-5-6-18(22)21-10-9-17-15(12-21)14-11-13(19(23)24-2)7-8-16(14)20-17/h7-8,11,20H,3-6,9-10,12H2,1-2H3. The van der Waals surface area contributed by atoms with Crippen LogP contribution in [0.3, 0.4) is 0 Å². The van der Waals surface area contributed by atoms with Crippen molar-refractivity contribution in [3.63, 3.8) is 0 Å². The van der Waals surface area contributed by atoms with E-state index in [0.717, 1.165) is 48.7 Å². The van der Waals surface area contributed by atoms with Gasteiger partial charge in [0.1, 0.15) is 0 Å². The Hall–Kier alpha value is -2.30. The monoisotopic (exact) mass is 328 g/mol. The number of carbonyl (C=O) groups is 2. The quantitative estimate of drug-likeness (QED) is 0.676. The summed E-state index contributed by atoms with van der Waals surface area (Å²) in [7, 11) is 1.38. The molecule has 5 nitrogen and oxygen atoms in total. The van der Waals surface area contributed by atoms with Gasteiger partial charge >= 0.3 is 5.97 Å². The zero-order chi connectivity index (χ0) is 17.1. The first-order valence-corrected chi connectivity index (χ1v) is 8.63. The molecule has 128 valence electrons. The van der Waals surface area contributed by atoms with Gasteiger partial charge in [-0.2, -0.15) is 0 Å². The van der Waals surface area contributed by atoms with Crippen LogP contribution in [-0.2, 0) is 22.5 Å². The lowest BCUT2D eigenvalue weighted by molar-refractivity contribution is -0.132. The van der Waals surface area contributed by atoms with Crippen molar-refractivity contribution in [3.8, 4) is 0 Å². The molecule has 1 aliphatic rings. The third-order valence-electron chi connectivity index (χ3n) is 4.74. The Labute approximate surface area is 142 Å². The summed E-state index contributed by atoms with van der Waals surface area (Å²) in [5, 5.41) is 1.01. The van der Waals surface area contributed by atoms with Gasteiger partial charge in [0.15, 0.2) is 0 Å². The number of hydrogen-bond donors (Lipinski definition) is 1. The van der Waals surface area contributed by atoms with Gasteiger partial charge in [-0.05, 0) is 24.6 Å². The summed E-state index contributed by atoms with van der Waals surface area (Å²) in [4.78, 5) is 29.5. The minimum absolute atomic E-state index is 0.229. The number of aromatic nitrogens is 1. The fourth-order valence-electron chi connectivity index (χ4n) is 3.36. The average molecular weight is 328 g/mol. The van der Waals surface area contributed by atoms with Gasteiger partial charge in [0, 0.05) is 48.1 Å². The molecule has 3 rings (SSSR count). The van der Waals surface area contributed by atoms with Crippen LogP contribution < -0.4 is 0 Å². The van der Waals surface area contributed by atoms with E-state index in [1.165, 1.54) is 12.8 Å². The maximum absolute atomic E-state index is 12.4. The van der Waals surface area contributed by atoms with Crippen LogP contribution in [0.2, 0.25) is 0 Å². The zero-order valence-corrected chi connectivity index (χ0v) is 14.4. The topological polar surface area (TPSA) is 62.4 Å². The highest BCUT2D eigenvalue weighted by Crippen LogP contribution is 2.29. The lowest BCUT2D eigenvalue weighted by Crippen LogP contribution is -2.35. The molecular weight excluding hydrogens is 304 g/mol. The van der Waals surface area contributed by atoms with Crippen LogP contribution in [0.15, 0.2) is 18.2 Å². The molecule has 0 atom stereocenters. The van der Waals surface area contributed by atoms with Crippen molar-refractivity contribution in [2.24, 2.45) is 0 Å². The maximum atomic E-state index is 12.4. The molecule has 1 N–H and O–H groups in total. The number of amides is 1. The second-order valence-electron chi connectivity index (χ2n) is 6.36. The summed E-state index contributed by atoms with van der Waals surface area (Å²) in [6.07, 6.45) is 4.63. The van der Waals surface area contributed by atoms with Crippen LogP contribution in [0.4, 0.5) is 0 Å². The van der Waals surface area contributed by atoms with Gasteiger partial charge in [0.05, 0.1) is 12.7 Å². The number of esters is 1. The van der Waals surface area contributed by atoms with Crippen molar-refractivity contribution in [3.05, 3.63) is 35.0 Å². The molecular formula is C19H24N2O3. The molecule has 1 aromatic carbocycles. The molecule has 2 aromatic rings. The van der Waals surface area contributed by atoms with Gasteiger partial charge in [-0.25, -0.2) is 4.79 Å². The number of fused-ring (bicyclic) bond motifs is 3. The number of aromatic amines is 1. The predicted octanol–water partition coefficient (Wildman–Crippen LogP) is 3.42. The highest BCUT2D eigenvalue weighted by atomic mass is 16.5. The molecule has 1 amide bonds. The first-order valence-electron chi connectivity index (χ1n) is 8.63. The van der Waals surface area contributed by atoms with E-state index in [4.69, 9.17) is 4.74 Å². The van der Waals surface area contributed by atoms with Gasteiger partial charge in [-0.15, -0.1) is 0 Å². The van der Waals surface area contributed by atoms with Crippen LogP contribution in [0, 0.1) is 0 Å². The lowest BCUT2D eigenvalue weighted by atomic mass is 10.0. The smallest absolute Gasteiger partial charge is 0.337 e. The van der Waals surface area contributed by atoms with Crippen molar-refractivity contribution in [2.45, 2.75) is 45.6 Å². The molecule has 5 heteroatoms. The number of nitrogens with zero attached hydrogens (tertiary/aromatic N) is 1. The van der Waals surface area contributed by atoms with Crippen LogP contribution in [0.5, 0.6) is 0 Å². The number of hydrogen-bond acceptors (Lipinski definition) is 3. The number of nitrogens with one attached hydrogen (secondary N) is 1. The second kappa shape index (κ2) is 7.07. The fourth-order valence-corrected chi connectivity index (χ4v) is 3.36. The summed E-state index contributed by atoms with van der Waals surface area (Å²) in [6.45, 7) is 3.52. The van der Waals surface area contributed by atoms with Gasteiger partial charge < -0.3 is 14.6 Å². The largest absolute Gasteiger partial charge is 0.465 e. The number of H-pyrrole nitrogens is 1. The molecule has 24 heavy (non-hydrogen) atoms. The van der Waals surface area contributed by atoms with E-state index in [9.17, 15) is 9.59 Å². The van der Waals surface area contributed by atoms with E-state index in [1.54, 1.807) is 6.07 Å². The average Bonchev–Trinajstić information content (AvgIpc) is 2.98. The van der Waals surface area contributed by atoms with Gasteiger partial charge in [-0.3, -0.25) is 4.79 Å². The fraction of sp³-hybridized carbons (Fsp3) is 0.474. The molecule has 0 unspecified atom stereocenters. The summed E-state index contributed by atoms with van der Waals surface area (Å²) >= 11 is 0. The van der Waals surface area contributed by atoms with E-state index in [-0.39, 0.29) is 11.9 Å². The number of ether oxygens (including phenoxy) is 1. The van der Waals surface area contributed by atoms with Crippen molar-refractivity contribution < 1.29 is 14.3 Å². The Balaban J connectivity index is 1.84. The number of methoxy groups -OCH3 is 1. The molecule has 0 saturated heterocycles. The Morgan fingerprint density at radius 3 is 2.88 bits per heavy atom. The summed E-state index contributed by atoms with van der Waals surface area (Å²) in [5.74, 6) is -0.109. The normalized spacial score (nSPS) is 13.8. The predicted molar refractivity (Wildman–Crippen MR) is 92.9 cm³/mol. The molecule has 1 aliphatic heterocycles. The number of rotatable bonds is 5. The van der Waals surface area contributed by atoms with Gasteiger partial charge in [-0.1, -0.05) is 19.8 Å². The molecule has 1 aromatic heterocycles. The van der Waals surface area contributed by atoms with Crippen LogP contribution in [-0.4, -0.2) is 35.4 Å². The Kier molecular flexibility index (Phi) is 4.88. The Morgan fingerprint density at radius 2 is 2.12 bits per heavy atom. The van der Waals surface area contributed by atoms with Crippen LogP contribution in [0.25, 0.3) is 10.9 Å². The van der Waals surface area contributed by atoms with Gasteiger partial charge in [0.25, 0.3) is 0 Å². The Bertz CT molecular complexity index is 763. The number of benzene rings is 1. The highest BCUT2D eigenvalue weighted by molar-refractivity contribution is 5.96. The third kappa shape index (κ3) is 3.16. The second-order valence-corrected chi connectivity index (χ2v) is 6.36. The van der Waals surface area contributed by atoms with Crippen LogP contribution in [0.1, 0.15) is 54.2 Å². The molecule has 0 radical (unpaired) electrons. The van der Waals surface area contributed by atoms with Crippen molar-refractivity contribution in [1.29, 1.82) is 0 Å². The third-order valence-corrected chi connectivity index (χ3v) is 4.74. The van der Waals surface area contributed by atoms with Crippen molar-refractivity contribution in [2.75, 3.05) is 13.7 Å². The van der Waals surface area contributed by atoms with E-state index in [2.05, 4.69) is 11.9 Å². The molecule has 0 bridgehead atoms. The van der Waals surface area contributed by atoms with Crippen molar-refractivity contribution in [1.82, 2.24) is 9.88 Å². The molecule has 0 fully saturated rings. The lowest BCUT2D eigenvalue weighted by Gasteiger charge is -2.27. The minimum atomic E-state index is -0.338. The summed E-state index contributed by atoms with van der Waals surface area (Å²) in [6, 6.07) is 5.54. The zero-order valence-electron chi connectivity index (χ0n) is 14.4. The summed E-state index contributed by atoms with van der Waals surface area (Å²) in [5.41, 5.74) is 3.85. The first kappa shape index (κ1) is 16.6. The van der Waals surface area contributed by atoms with Crippen LogP contribution >= 0.6 is 0 Å². The summed E-state index contributed by atoms with van der Waals surface area (Å²) < 4.78 is 4.81. The van der Waals surface area contributed by atoms with E-state index in [1.807, 2.05) is 17.0 Å². The van der Waals surface area contributed by atoms with Gasteiger partial charge in [0.2, 0.25) is 5.91 Å². The van der Waals surface area contributed by atoms with E-state index < -0.39 is 0 Å². The maximum Gasteiger partial charge on any atom is 0.337 e. The minimum Gasteiger partial charge on any atom is -0.465 e. The highest BCUT2D eigenvalue weighted by Gasteiger charge is 2.24. The van der Waals surface area contributed by atoms with Crippen molar-refractivity contribution >= 4 is 22.8 Å². The Morgan fingerprint density at radius 1 is 1.29 bits per heavy atom. The SMILES string of the molecule is CCCCCC(=O)N1CCc2[nH]c3ccc(C(=O)OC)cc3c2C1. The molecule has 0 aliphatic carbocycles. The van der Waals surface area contributed by atoms with E-state index >= 15 is 0 Å².